The zero-order chi connectivity index (χ0) is 16.5. The standard InChI is InChI=1S/C17H37NO3/c1-9-11-16(5,6)20-13-17(7,12-19-15(3)4)14-21-18(8)10-2/h15H,9-14H2,1-8H3. The zero-order valence-electron chi connectivity index (χ0n) is 15.5. The third-order valence-electron chi connectivity index (χ3n) is 3.51. The molecule has 4 heteroatoms. The summed E-state index contributed by atoms with van der Waals surface area (Å²) in [5.41, 5.74) is -0.233. The Morgan fingerprint density at radius 1 is 1.00 bits per heavy atom. The van der Waals surface area contributed by atoms with E-state index in [4.69, 9.17) is 14.3 Å². The molecule has 1 unspecified atom stereocenters. The summed E-state index contributed by atoms with van der Waals surface area (Å²) in [6.45, 7) is 17.6. The SMILES string of the molecule is CCCC(C)(C)OCC(C)(COC(C)C)CON(C)CC. The van der Waals surface area contributed by atoms with Gasteiger partial charge in [-0.1, -0.05) is 27.2 Å². The third kappa shape index (κ3) is 10.2. The molecular weight excluding hydrogens is 266 g/mol. The number of hydrogen-bond donors (Lipinski definition) is 0. The highest BCUT2D eigenvalue weighted by atomic mass is 16.7. The van der Waals surface area contributed by atoms with Crippen LogP contribution in [0, 0.1) is 5.41 Å². The molecule has 1 atom stereocenters. The van der Waals surface area contributed by atoms with Crippen LogP contribution in [0.2, 0.25) is 0 Å². The molecule has 0 heterocycles. The summed E-state index contributed by atoms with van der Waals surface area (Å²) in [6.07, 6.45) is 2.40. The van der Waals surface area contributed by atoms with Gasteiger partial charge in [-0.3, -0.25) is 4.84 Å². The molecule has 0 radical (unpaired) electrons. The first kappa shape index (κ1) is 20.8. The summed E-state index contributed by atoms with van der Waals surface area (Å²) in [5.74, 6) is 0. The molecule has 0 saturated heterocycles. The predicted octanol–water partition coefficient (Wildman–Crippen LogP) is 3.90. The number of hydrogen-bond acceptors (Lipinski definition) is 4. The van der Waals surface area contributed by atoms with Crippen LogP contribution in [-0.2, 0) is 14.3 Å². The van der Waals surface area contributed by atoms with Gasteiger partial charge in [0, 0.05) is 19.0 Å². The highest BCUT2D eigenvalue weighted by Gasteiger charge is 2.30. The van der Waals surface area contributed by atoms with Gasteiger partial charge >= 0.3 is 0 Å². The summed E-state index contributed by atoms with van der Waals surface area (Å²) < 4.78 is 12.0. The van der Waals surface area contributed by atoms with Gasteiger partial charge < -0.3 is 9.47 Å². The van der Waals surface area contributed by atoms with Gasteiger partial charge in [-0.15, -0.1) is 0 Å². The van der Waals surface area contributed by atoms with Gasteiger partial charge in [0.2, 0.25) is 0 Å². The second-order valence-corrected chi connectivity index (χ2v) is 7.19. The average molecular weight is 303 g/mol. The fourth-order valence-electron chi connectivity index (χ4n) is 1.89. The Balaban J connectivity index is 4.55. The van der Waals surface area contributed by atoms with Crippen LogP contribution in [0.4, 0.5) is 0 Å². The highest BCUT2D eigenvalue weighted by Crippen LogP contribution is 2.25. The number of nitrogens with zero attached hydrogens (tertiary/aromatic N) is 1. The van der Waals surface area contributed by atoms with E-state index in [1.54, 1.807) is 0 Å². The van der Waals surface area contributed by atoms with Crippen molar-refractivity contribution in [3.63, 3.8) is 0 Å². The van der Waals surface area contributed by atoms with Crippen molar-refractivity contribution in [3.05, 3.63) is 0 Å². The lowest BCUT2D eigenvalue weighted by Crippen LogP contribution is -2.40. The minimum atomic E-state index is -0.140. The Hall–Kier alpha value is -0.160. The average Bonchev–Trinajstić information content (AvgIpc) is 2.41. The lowest BCUT2D eigenvalue weighted by atomic mass is 9.93. The van der Waals surface area contributed by atoms with E-state index in [1.165, 1.54) is 0 Å². The third-order valence-corrected chi connectivity index (χ3v) is 3.51. The minimum Gasteiger partial charge on any atom is -0.378 e. The van der Waals surface area contributed by atoms with Gasteiger partial charge in [-0.05, 0) is 34.1 Å². The zero-order valence-corrected chi connectivity index (χ0v) is 15.5. The Morgan fingerprint density at radius 2 is 1.62 bits per heavy atom. The van der Waals surface area contributed by atoms with Crippen LogP contribution >= 0.6 is 0 Å². The predicted molar refractivity (Wildman–Crippen MR) is 88.4 cm³/mol. The molecule has 4 nitrogen and oxygen atoms in total. The largest absolute Gasteiger partial charge is 0.378 e. The van der Waals surface area contributed by atoms with Crippen LogP contribution in [0.3, 0.4) is 0 Å². The van der Waals surface area contributed by atoms with Gasteiger partial charge in [0.15, 0.2) is 0 Å². The van der Waals surface area contributed by atoms with Crippen LogP contribution in [-0.4, -0.2) is 50.2 Å². The van der Waals surface area contributed by atoms with Crippen molar-refractivity contribution in [2.24, 2.45) is 5.41 Å². The summed E-state index contributed by atoms with van der Waals surface area (Å²) in [6, 6.07) is 0. The Bertz CT molecular complexity index is 269. The summed E-state index contributed by atoms with van der Waals surface area (Å²) in [4.78, 5) is 5.79. The molecule has 0 amide bonds. The van der Waals surface area contributed by atoms with Crippen molar-refractivity contribution in [1.82, 2.24) is 5.06 Å². The van der Waals surface area contributed by atoms with Crippen LogP contribution < -0.4 is 0 Å². The van der Waals surface area contributed by atoms with Crippen LogP contribution in [0.1, 0.15) is 61.3 Å². The second kappa shape index (κ2) is 9.78. The molecule has 0 aliphatic heterocycles. The molecule has 0 saturated carbocycles. The van der Waals surface area contributed by atoms with Crippen molar-refractivity contribution in [1.29, 1.82) is 0 Å². The van der Waals surface area contributed by atoms with E-state index in [0.717, 1.165) is 19.4 Å². The van der Waals surface area contributed by atoms with E-state index in [0.29, 0.717) is 19.8 Å². The van der Waals surface area contributed by atoms with Crippen molar-refractivity contribution >= 4 is 0 Å². The normalized spacial score (nSPS) is 15.7. The van der Waals surface area contributed by atoms with Crippen LogP contribution in [0.25, 0.3) is 0 Å². The first-order chi connectivity index (χ1) is 9.64. The quantitative estimate of drug-likeness (QED) is 0.512. The highest BCUT2D eigenvalue weighted by molar-refractivity contribution is 4.77. The lowest BCUT2D eigenvalue weighted by Gasteiger charge is -2.35. The van der Waals surface area contributed by atoms with E-state index in [1.807, 2.05) is 12.1 Å². The molecule has 0 bridgehead atoms. The van der Waals surface area contributed by atoms with Crippen LogP contribution in [0.15, 0.2) is 0 Å². The maximum absolute atomic E-state index is 6.15. The first-order valence-electron chi connectivity index (χ1n) is 8.23. The van der Waals surface area contributed by atoms with Crippen molar-refractivity contribution < 1.29 is 14.3 Å². The molecule has 21 heavy (non-hydrogen) atoms. The van der Waals surface area contributed by atoms with E-state index >= 15 is 0 Å². The van der Waals surface area contributed by atoms with Gasteiger partial charge in [0.05, 0.1) is 31.5 Å². The second-order valence-electron chi connectivity index (χ2n) is 7.19. The molecule has 128 valence electrons. The molecule has 0 rings (SSSR count). The number of rotatable bonds is 12. The molecule has 0 fully saturated rings. The smallest absolute Gasteiger partial charge is 0.0782 e. The van der Waals surface area contributed by atoms with Gasteiger partial charge in [-0.2, -0.15) is 5.06 Å². The molecule has 0 aliphatic rings. The molecule has 0 aromatic rings. The summed E-state index contributed by atoms with van der Waals surface area (Å²) >= 11 is 0. The number of hydroxylamine groups is 2. The van der Waals surface area contributed by atoms with Crippen molar-refractivity contribution in [3.8, 4) is 0 Å². The first-order valence-corrected chi connectivity index (χ1v) is 8.23. The Kier molecular flexibility index (Phi) is 9.70. The van der Waals surface area contributed by atoms with Gasteiger partial charge in [0.1, 0.15) is 0 Å². The summed E-state index contributed by atoms with van der Waals surface area (Å²) in [5, 5.41) is 1.85. The van der Waals surface area contributed by atoms with Crippen LogP contribution in [0.5, 0.6) is 0 Å². The lowest BCUT2D eigenvalue weighted by molar-refractivity contribution is -0.191. The minimum absolute atomic E-state index is 0.0928. The maximum atomic E-state index is 6.15. The molecule has 0 aromatic heterocycles. The number of ether oxygens (including phenoxy) is 2. The maximum Gasteiger partial charge on any atom is 0.0782 e. The van der Waals surface area contributed by atoms with Gasteiger partial charge in [-0.25, -0.2) is 0 Å². The molecule has 0 aromatic carbocycles. The van der Waals surface area contributed by atoms with E-state index in [-0.39, 0.29) is 17.1 Å². The van der Waals surface area contributed by atoms with Crippen molar-refractivity contribution in [2.75, 3.05) is 33.4 Å². The molecule has 0 spiro atoms. The monoisotopic (exact) mass is 303 g/mol. The fourth-order valence-corrected chi connectivity index (χ4v) is 1.89. The topological polar surface area (TPSA) is 30.9 Å². The van der Waals surface area contributed by atoms with Gasteiger partial charge in [0.25, 0.3) is 0 Å². The Labute approximate surface area is 132 Å². The molecular formula is C17H37NO3. The molecule has 0 aliphatic carbocycles. The van der Waals surface area contributed by atoms with Crippen molar-refractivity contribution in [2.45, 2.75) is 73.0 Å². The molecule has 0 N–H and O–H groups in total. The summed E-state index contributed by atoms with van der Waals surface area (Å²) in [7, 11) is 1.95. The van der Waals surface area contributed by atoms with E-state index in [9.17, 15) is 0 Å². The van der Waals surface area contributed by atoms with E-state index in [2.05, 4.69) is 48.5 Å². The fraction of sp³-hybridized carbons (Fsp3) is 1.00. The van der Waals surface area contributed by atoms with E-state index < -0.39 is 0 Å². The Morgan fingerprint density at radius 3 is 2.10 bits per heavy atom.